The molecule has 43 heavy (non-hydrogen) atoms. The van der Waals surface area contributed by atoms with Gasteiger partial charge in [0, 0.05) is 0 Å². The third-order valence-electron chi connectivity index (χ3n) is 9.07. The molecule has 0 aliphatic heterocycles. The lowest BCUT2D eigenvalue weighted by atomic mass is 9.70. The molecule has 2 fully saturated rings. The number of nitrogens with two attached hydrogens (primary N) is 1. The maximum absolute atomic E-state index is 9.85. The van der Waals surface area contributed by atoms with Crippen molar-refractivity contribution in [2.45, 2.75) is 150 Å². The number of rotatable bonds is 11. The van der Waals surface area contributed by atoms with E-state index in [1.54, 1.807) is 24.3 Å². The Morgan fingerprint density at radius 1 is 0.791 bits per heavy atom. The van der Waals surface area contributed by atoms with Crippen molar-refractivity contribution in [3.8, 4) is 17.2 Å². The van der Waals surface area contributed by atoms with E-state index in [2.05, 4.69) is 39.8 Å². The second-order valence-corrected chi connectivity index (χ2v) is 13.0. The molecule has 2 aliphatic rings. The quantitative estimate of drug-likeness (QED) is 0.224. The SMILES string of the molecule is CC.CC.CC(C)Oc1c(CCC2CCC(C3CCC(O)CC3)CC2)ccc(CCC(C)(C)Oc2ccc(O)cc2)c1N. The minimum atomic E-state index is -0.378. The number of aromatic hydroxyl groups is 1. The van der Waals surface area contributed by atoms with E-state index in [0.717, 1.165) is 72.6 Å². The number of aliphatic hydroxyl groups excluding tert-OH is 1. The molecule has 2 aliphatic carbocycles. The van der Waals surface area contributed by atoms with Crippen molar-refractivity contribution in [3.05, 3.63) is 47.5 Å². The number of benzene rings is 2. The molecule has 0 radical (unpaired) electrons. The number of phenols is 1. The van der Waals surface area contributed by atoms with Crippen molar-refractivity contribution in [1.82, 2.24) is 0 Å². The zero-order valence-corrected chi connectivity index (χ0v) is 28.6. The van der Waals surface area contributed by atoms with Gasteiger partial charge in [-0.15, -0.1) is 0 Å². The van der Waals surface area contributed by atoms with E-state index in [1.165, 1.54) is 50.5 Å². The average Bonchev–Trinajstić information content (AvgIpc) is 3.00. The van der Waals surface area contributed by atoms with Crippen molar-refractivity contribution in [2.24, 2.45) is 17.8 Å². The number of aliphatic hydroxyl groups is 1. The molecule has 2 aromatic rings. The summed E-state index contributed by atoms with van der Waals surface area (Å²) in [7, 11) is 0. The van der Waals surface area contributed by atoms with Crippen LogP contribution in [0.1, 0.15) is 131 Å². The van der Waals surface area contributed by atoms with E-state index in [9.17, 15) is 10.2 Å². The number of hydrogen-bond donors (Lipinski definition) is 3. The number of anilines is 1. The first-order valence-corrected chi connectivity index (χ1v) is 17.3. The Labute approximate surface area is 263 Å². The van der Waals surface area contributed by atoms with Gasteiger partial charge < -0.3 is 25.4 Å². The van der Waals surface area contributed by atoms with Gasteiger partial charge in [0.25, 0.3) is 0 Å². The third kappa shape index (κ3) is 11.9. The monoisotopic (exact) mass is 597 g/mol. The Morgan fingerprint density at radius 2 is 1.33 bits per heavy atom. The summed E-state index contributed by atoms with van der Waals surface area (Å²) in [6, 6.07) is 11.3. The standard InChI is InChI=1S/C34H51NO4.2C2H6/c1-23(2)38-33-28(10-7-24-5-8-25(9-6-24)26-13-15-29(36)16-14-26)12-11-27(32(33)35)21-22-34(3,4)39-31-19-17-30(37)18-20-31;2*1-2/h11-12,17-20,23-26,29,36-37H,5-10,13-16,21-22,35H2,1-4H3;2*1-2H3. The number of hydrogen-bond acceptors (Lipinski definition) is 5. The molecule has 0 aromatic heterocycles. The van der Waals surface area contributed by atoms with Crippen LogP contribution in [-0.4, -0.2) is 28.0 Å². The van der Waals surface area contributed by atoms with Crippen molar-refractivity contribution < 1.29 is 19.7 Å². The molecule has 0 saturated heterocycles. The Bertz CT molecular complexity index is 1030. The summed E-state index contributed by atoms with van der Waals surface area (Å²) < 4.78 is 12.5. The van der Waals surface area contributed by atoms with Gasteiger partial charge in [0.1, 0.15) is 22.8 Å². The predicted octanol–water partition coefficient (Wildman–Crippen LogP) is 9.89. The lowest BCUT2D eigenvalue weighted by Crippen LogP contribution is -2.29. The van der Waals surface area contributed by atoms with Gasteiger partial charge in [0.05, 0.1) is 17.9 Å². The van der Waals surface area contributed by atoms with Crippen LogP contribution in [0.5, 0.6) is 17.2 Å². The van der Waals surface area contributed by atoms with Crippen LogP contribution in [0.25, 0.3) is 0 Å². The topological polar surface area (TPSA) is 84.9 Å². The first-order valence-electron chi connectivity index (χ1n) is 17.3. The van der Waals surface area contributed by atoms with Crippen molar-refractivity contribution in [1.29, 1.82) is 0 Å². The number of ether oxygens (including phenoxy) is 2. The molecule has 5 nitrogen and oxygen atoms in total. The molecule has 0 bridgehead atoms. The molecule has 4 N–H and O–H groups in total. The number of aryl methyl sites for hydroxylation is 2. The summed E-state index contributed by atoms with van der Waals surface area (Å²) in [5.41, 5.74) is 9.47. The van der Waals surface area contributed by atoms with E-state index in [0.29, 0.717) is 0 Å². The van der Waals surface area contributed by atoms with E-state index in [1.807, 2.05) is 27.7 Å². The Morgan fingerprint density at radius 3 is 1.88 bits per heavy atom. The summed E-state index contributed by atoms with van der Waals surface area (Å²) in [5.74, 6) is 4.33. The predicted molar refractivity (Wildman–Crippen MR) is 182 cm³/mol. The number of phenolic OH excluding ortho intramolecular Hbond substituents is 1. The fourth-order valence-corrected chi connectivity index (χ4v) is 6.68. The fourth-order valence-electron chi connectivity index (χ4n) is 6.68. The van der Waals surface area contributed by atoms with Crippen LogP contribution in [-0.2, 0) is 12.8 Å². The van der Waals surface area contributed by atoms with Gasteiger partial charge in [0.15, 0.2) is 0 Å². The first-order chi connectivity index (χ1) is 20.6. The number of nitrogen functional groups attached to an aromatic ring is 1. The van der Waals surface area contributed by atoms with Crippen LogP contribution in [0.4, 0.5) is 5.69 Å². The van der Waals surface area contributed by atoms with E-state index in [4.69, 9.17) is 15.2 Å². The van der Waals surface area contributed by atoms with E-state index < -0.39 is 0 Å². The van der Waals surface area contributed by atoms with Crippen molar-refractivity contribution in [3.63, 3.8) is 0 Å². The van der Waals surface area contributed by atoms with Gasteiger partial charge >= 0.3 is 0 Å². The normalized spacial score (nSPS) is 22.1. The Kier molecular flexibility index (Phi) is 15.8. The summed E-state index contributed by atoms with van der Waals surface area (Å²) in [6.07, 6.45) is 13.6. The molecule has 0 amide bonds. The molecule has 0 heterocycles. The lowest BCUT2D eigenvalue weighted by molar-refractivity contribution is 0.0764. The Balaban J connectivity index is 0.00000155. The maximum Gasteiger partial charge on any atom is 0.146 e. The Hall–Kier alpha value is -2.40. The molecule has 0 unspecified atom stereocenters. The van der Waals surface area contributed by atoms with E-state index in [-0.39, 0.29) is 23.6 Å². The highest BCUT2D eigenvalue weighted by Crippen LogP contribution is 2.42. The molecule has 5 heteroatoms. The minimum absolute atomic E-state index is 0.0519. The van der Waals surface area contributed by atoms with Crippen molar-refractivity contribution >= 4 is 5.69 Å². The van der Waals surface area contributed by atoms with Crippen LogP contribution in [0.2, 0.25) is 0 Å². The van der Waals surface area contributed by atoms with E-state index >= 15 is 0 Å². The molecule has 2 saturated carbocycles. The summed E-state index contributed by atoms with van der Waals surface area (Å²) in [6.45, 7) is 16.3. The van der Waals surface area contributed by atoms with Gasteiger partial charge in [-0.1, -0.05) is 52.7 Å². The van der Waals surface area contributed by atoms with Gasteiger partial charge in [-0.05, 0) is 145 Å². The highest BCUT2D eigenvalue weighted by molar-refractivity contribution is 5.62. The van der Waals surface area contributed by atoms with Crippen LogP contribution >= 0.6 is 0 Å². The minimum Gasteiger partial charge on any atom is -0.508 e. The van der Waals surface area contributed by atoms with Gasteiger partial charge in [-0.2, -0.15) is 0 Å². The van der Waals surface area contributed by atoms with Crippen molar-refractivity contribution in [2.75, 3.05) is 5.73 Å². The molecular weight excluding hydrogens is 534 g/mol. The zero-order valence-electron chi connectivity index (χ0n) is 28.6. The smallest absolute Gasteiger partial charge is 0.146 e. The lowest BCUT2D eigenvalue weighted by Gasteiger charge is -2.37. The third-order valence-corrected chi connectivity index (χ3v) is 9.07. The molecular formula is C38H63NO4. The summed E-state index contributed by atoms with van der Waals surface area (Å²) in [5, 5.41) is 19.4. The van der Waals surface area contributed by atoms with Crippen LogP contribution < -0.4 is 15.2 Å². The molecule has 0 atom stereocenters. The highest BCUT2D eigenvalue weighted by Gasteiger charge is 2.30. The molecule has 4 rings (SSSR count). The second kappa shape index (κ2) is 18.4. The first kappa shape index (κ1) is 36.8. The maximum atomic E-state index is 9.85. The van der Waals surface area contributed by atoms with Crippen LogP contribution in [0.15, 0.2) is 36.4 Å². The molecule has 244 valence electrons. The van der Waals surface area contributed by atoms with Crippen LogP contribution in [0.3, 0.4) is 0 Å². The molecule has 0 spiro atoms. The largest absolute Gasteiger partial charge is 0.508 e. The van der Waals surface area contributed by atoms with Crippen LogP contribution in [0, 0.1) is 17.8 Å². The van der Waals surface area contributed by atoms with Gasteiger partial charge in [0.2, 0.25) is 0 Å². The highest BCUT2D eigenvalue weighted by atomic mass is 16.5. The van der Waals surface area contributed by atoms with Gasteiger partial charge in [-0.3, -0.25) is 0 Å². The van der Waals surface area contributed by atoms with Gasteiger partial charge in [-0.25, -0.2) is 0 Å². The second-order valence-electron chi connectivity index (χ2n) is 13.0. The molecule has 2 aromatic carbocycles. The fraction of sp³-hybridized carbons (Fsp3) is 0.684. The average molecular weight is 598 g/mol. The zero-order chi connectivity index (χ0) is 32.0. The summed E-state index contributed by atoms with van der Waals surface area (Å²) in [4.78, 5) is 0. The summed E-state index contributed by atoms with van der Waals surface area (Å²) >= 11 is 0.